The van der Waals surface area contributed by atoms with Gasteiger partial charge in [0.15, 0.2) is 0 Å². The summed E-state index contributed by atoms with van der Waals surface area (Å²) in [6.45, 7) is 2.28. The predicted octanol–water partition coefficient (Wildman–Crippen LogP) is 3.90. The van der Waals surface area contributed by atoms with Gasteiger partial charge in [0.05, 0.1) is 12.2 Å². The zero-order chi connectivity index (χ0) is 16.1. The van der Waals surface area contributed by atoms with Crippen molar-refractivity contribution in [1.29, 1.82) is 0 Å². The summed E-state index contributed by atoms with van der Waals surface area (Å²) in [5.41, 5.74) is 2.41. The van der Waals surface area contributed by atoms with Crippen molar-refractivity contribution < 1.29 is 4.79 Å². The van der Waals surface area contributed by atoms with Gasteiger partial charge in [0, 0.05) is 16.5 Å². The van der Waals surface area contributed by atoms with Gasteiger partial charge in [-0.15, -0.1) is 5.92 Å². The first-order valence-electron chi connectivity index (χ1n) is 7.39. The first kappa shape index (κ1) is 14.7. The number of nitrogens with zero attached hydrogens (tertiary/aromatic N) is 1. The van der Waals surface area contributed by atoms with E-state index in [0.29, 0.717) is 12.2 Å². The number of aromatic nitrogens is 1. The lowest BCUT2D eigenvalue weighted by Gasteiger charge is -2.03. The maximum atomic E-state index is 12.5. The fourth-order valence-corrected chi connectivity index (χ4v) is 2.44. The molecule has 0 saturated carbocycles. The molecule has 0 spiro atoms. The average Bonchev–Trinajstić information content (AvgIpc) is 2.97. The fraction of sp³-hybridized carbons (Fsp3) is 0.0952. The number of ketones is 1. The highest BCUT2D eigenvalue weighted by Gasteiger charge is 2.13. The van der Waals surface area contributed by atoms with Gasteiger partial charge in [-0.3, -0.25) is 4.79 Å². The Kier molecular flexibility index (Phi) is 4.27. The molecule has 0 bridgehead atoms. The van der Waals surface area contributed by atoms with Crippen LogP contribution in [0.5, 0.6) is 0 Å². The van der Waals surface area contributed by atoms with Gasteiger partial charge in [0.1, 0.15) is 0 Å². The molecule has 2 nitrogen and oxygen atoms in total. The molecule has 0 atom stereocenters. The standard InChI is InChI=1S/C21H15NO/c1-2-3-15-22-19-12-8-7-11-18(19)16-20(22)21(23)14-13-17-9-5-4-6-10-17/h4-12,16H,15H2,1H3. The molecular weight excluding hydrogens is 282 g/mol. The number of Topliss-reactive ketones (excluding diaryl/α,β-unsaturated/α-hetero) is 1. The van der Waals surface area contributed by atoms with Crippen LogP contribution in [0, 0.1) is 23.7 Å². The molecule has 0 aliphatic heterocycles. The molecule has 0 unspecified atom stereocenters. The molecule has 23 heavy (non-hydrogen) atoms. The van der Waals surface area contributed by atoms with E-state index in [-0.39, 0.29) is 5.78 Å². The van der Waals surface area contributed by atoms with Crippen LogP contribution in [0.2, 0.25) is 0 Å². The number of para-hydroxylation sites is 1. The number of carbonyl (C=O) groups is 1. The highest BCUT2D eigenvalue weighted by molar-refractivity contribution is 6.10. The molecule has 0 saturated heterocycles. The third-order valence-corrected chi connectivity index (χ3v) is 3.55. The molecule has 0 radical (unpaired) electrons. The molecule has 0 N–H and O–H groups in total. The van der Waals surface area contributed by atoms with E-state index in [1.165, 1.54) is 0 Å². The van der Waals surface area contributed by atoms with Crippen molar-refractivity contribution >= 4 is 16.7 Å². The second kappa shape index (κ2) is 6.69. The van der Waals surface area contributed by atoms with Crippen molar-refractivity contribution in [1.82, 2.24) is 4.57 Å². The lowest BCUT2D eigenvalue weighted by atomic mass is 10.2. The van der Waals surface area contributed by atoms with E-state index in [9.17, 15) is 4.79 Å². The second-order valence-electron chi connectivity index (χ2n) is 5.05. The van der Waals surface area contributed by atoms with Crippen LogP contribution in [0.15, 0.2) is 60.7 Å². The molecule has 110 valence electrons. The van der Waals surface area contributed by atoms with Gasteiger partial charge in [0.2, 0.25) is 0 Å². The Morgan fingerprint density at radius 3 is 2.57 bits per heavy atom. The SMILES string of the molecule is CC#CCn1c(C(=O)C#Cc2ccccc2)cc2ccccc21. The smallest absolute Gasteiger partial charge is 0.252 e. The molecule has 3 rings (SSSR count). The number of fused-ring (bicyclic) bond motifs is 1. The first-order chi connectivity index (χ1) is 11.3. The molecular formula is C21H15NO. The van der Waals surface area contributed by atoms with E-state index in [1.54, 1.807) is 6.92 Å². The van der Waals surface area contributed by atoms with Crippen LogP contribution in [0.4, 0.5) is 0 Å². The average molecular weight is 297 g/mol. The van der Waals surface area contributed by atoms with E-state index >= 15 is 0 Å². The zero-order valence-electron chi connectivity index (χ0n) is 12.8. The molecule has 0 amide bonds. The van der Waals surface area contributed by atoms with Crippen molar-refractivity contribution in [3.05, 3.63) is 71.9 Å². The van der Waals surface area contributed by atoms with E-state index in [4.69, 9.17) is 0 Å². The van der Waals surface area contributed by atoms with E-state index < -0.39 is 0 Å². The van der Waals surface area contributed by atoms with Crippen LogP contribution in [-0.2, 0) is 6.54 Å². The summed E-state index contributed by atoms with van der Waals surface area (Å²) in [7, 11) is 0. The molecule has 1 heterocycles. The maximum absolute atomic E-state index is 12.5. The summed E-state index contributed by atoms with van der Waals surface area (Å²) >= 11 is 0. The molecule has 2 heteroatoms. The van der Waals surface area contributed by atoms with E-state index in [1.807, 2.05) is 65.2 Å². The second-order valence-corrected chi connectivity index (χ2v) is 5.05. The van der Waals surface area contributed by atoms with Crippen LogP contribution in [0.3, 0.4) is 0 Å². The van der Waals surface area contributed by atoms with Crippen LogP contribution in [0.25, 0.3) is 10.9 Å². The first-order valence-corrected chi connectivity index (χ1v) is 7.39. The van der Waals surface area contributed by atoms with E-state index in [0.717, 1.165) is 16.5 Å². The van der Waals surface area contributed by atoms with Gasteiger partial charge < -0.3 is 4.57 Å². The highest BCUT2D eigenvalue weighted by Crippen LogP contribution is 2.20. The summed E-state index contributed by atoms with van der Waals surface area (Å²) in [6.07, 6.45) is 0. The highest BCUT2D eigenvalue weighted by atomic mass is 16.1. The molecule has 2 aromatic carbocycles. The summed E-state index contributed by atoms with van der Waals surface area (Å²) in [6, 6.07) is 19.3. The topological polar surface area (TPSA) is 22.0 Å². The minimum Gasteiger partial charge on any atom is -0.325 e. The minimum atomic E-state index is -0.192. The lowest BCUT2D eigenvalue weighted by molar-refractivity contribution is 0.104. The quantitative estimate of drug-likeness (QED) is 0.519. The van der Waals surface area contributed by atoms with Gasteiger partial charge in [0.25, 0.3) is 5.78 Å². The van der Waals surface area contributed by atoms with Crippen molar-refractivity contribution in [3.8, 4) is 23.7 Å². The molecule has 3 aromatic rings. The summed E-state index contributed by atoms with van der Waals surface area (Å²) in [5, 5.41) is 1.02. The maximum Gasteiger partial charge on any atom is 0.252 e. The molecule has 0 aliphatic rings. The number of hydrogen-bond donors (Lipinski definition) is 0. The Morgan fingerprint density at radius 2 is 1.78 bits per heavy atom. The Labute approximate surface area is 135 Å². The third-order valence-electron chi connectivity index (χ3n) is 3.55. The monoisotopic (exact) mass is 297 g/mol. The van der Waals surface area contributed by atoms with Crippen molar-refractivity contribution in [2.24, 2.45) is 0 Å². The largest absolute Gasteiger partial charge is 0.325 e. The number of benzene rings is 2. The summed E-state index contributed by atoms with van der Waals surface area (Å²) in [4.78, 5) is 12.5. The van der Waals surface area contributed by atoms with Crippen LogP contribution in [-0.4, -0.2) is 10.4 Å². The van der Waals surface area contributed by atoms with Gasteiger partial charge in [-0.2, -0.15) is 0 Å². The lowest BCUT2D eigenvalue weighted by Crippen LogP contribution is -2.07. The Balaban J connectivity index is 2.03. The summed E-state index contributed by atoms with van der Waals surface area (Å²) < 4.78 is 1.92. The minimum absolute atomic E-state index is 0.192. The van der Waals surface area contributed by atoms with Crippen molar-refractivity contribution in [2.75, 3.05) is 0 Å². The van der Waals surface area contributed by atoms with Crippen LogP contribution in [0.1, 0.15) is 23.0 Å². The van der Waals surface area contributed by atoms with Crippen LogP contribution >= 0.6 is 0 Å². The van der Waals surface area contributed by atoms with Crippen LogP contribution < -0.4 is 0 Å². The molecule has 0 fully saturated rings. The Hall–Kier alpha value is -3.23. The van der Waals surface area contributed by atoms with E-state index in [2.05, 4.69) is 23.7 Å². The van der Waals surface area contributed by atoms with Gasteiger partial charge >= 0.3 is 0 Å². The van der Waals surface area contributed by atoms with Gasteiger partial charge in [-0.25, -0.2) is 0 Å². The molecule has 1 aromatic heterocycles. The third kappa shape index (κ3) is 3.18. The number of carbonyl (C=O) groups excluding carboxylic acids is 1. The Bertz CT molecular complexity index is 973. The molecule has 0 aliphatic carbocycles. The Morgan fingerprint density at radius 1 is 1.04 bits per heavy atom. The fourth-order valence-electron chi connectivity index (χ4n) is 2.44. The van der Waals surface area contributed by atoms with Crippen molar-refractivity contribution in [3.63, 3.8) is 0 Å². The van der Waals surface area contributed by atoms with Gasteiger partial charge in [-0.1, -0.05) is 48.2 Å². The normalized spacial score (nSPS) is 9.61. The number of hydrogen-bond acceptors (Lipinski definition) is 1. The number of rotatable bonds is 2. The van der Waals surface area contributed by atoms with Gasteiger partial charge in [-0.05, 0) is 37.1 Å². The summed E-state index contributed by atoms with van der Waals surface area (Å²) in [5.74, 6) is 11.4. The zero-order valence-corrected chi connectivity index (χ0v) is 12.8. The van der Waals surface area contributed by atoms with Crippen molar-refractivity contribution in [2.45, 2.75) is 13.5 Å². The predicted molar refractivity (Wildman–Crippen MR) is 93.0 cm³/mol.